The average Bonchev–Trinajstić information content (AvgIpc) is 2.42. The van der Waals surface area contributed by atoms with E-state index in [1.807, 2.05) is 71.9 Å². The van der Waals surface area contributed by atoms with Crippen LogP contribution in [0.15, 0.2) is 30.3 Å². The van der Waals surface area contributed by atoms with Crippen molar-refractivity contribution in [3.05, 3.63) is 35.9 Å². The van der Waals surface area contributed by atoms with E-state index in [0.29, 0.717) is 12.8 Å². The molecule has 0 bridgehead atoms. The quantitative estimate of drug-likeness (QED) is 0.520. The van der Waals surface area contributed by atoms with E-state index in [9.17, 15) is 9.90 Å². The number of aryl methyl sites for hydroxylation is 1. The summed E-state index contributed by atoms with van der Waals surface area (Å²) in [6, 6.07) is 9.81. The third kappa shape index (κ3) is 5.41. The Morgan fingerprint density at radius 3 is 2.04 bits per heavy atom. The molecule has 0 saturated carbocycles. The van der Waals surface area contributed by atoms with Crippen molar-refractivity contribution in [3.63, 3.8) is 0 Å². The van der Waals surface area contributed by atoms with E-state index >= 15 is 4.11 Å². The molecule has 0 spiro atoms. The van der Waals surface area contributed by atoms with Crippen LogP contribution in [0.25, 0.3) is 0 Å². The number of carbonyl (C=O) groups is 1. The van der Waals surface area contributed by atoms with Gasteiger partial charge in [-0.2, -0.15) is 0 Å². The molecule has 24 heavy (non-hydrogen) atoms. The number of carboxylic acid groups (broad SMARTS) is 1. The lowest BCUT2D eigenvalue weighted by Gasteiger charge is -2.45. The molecule has 0 radical (unpaired) electrons. The second-order valence-electron chi connectivity index (χ2n) is 8.46. The van der Waals surface area contributed by atoms with Gasteiger partial charge in [0, 0.05) is 10.1 Å². The van der Waals surface area contributed by atoms with Crippen LogP contribution in [0.5, 0.6) is 0 Å². The van der Waals surface area contributed by atoms with Crippen LogP contribution < -0.4 is 0 Å². The standard InChI is InChI=1S/C19H31FO3Si/c1-18(2,3)24(20,19(4,5)6)23-16(14-17(21)22)13-12-15-10-8-7-9-11-15/h7-11,16H,12-14H2,1-6H3,(H,21,22). The SMILES string of the molecule is CC(C)(C)[Si](F)(OC(CCc1ccccc1)CC(=O)O)C(C)(C)C. The number of benzene rings is 1. The van der Waals surface area contributed by atoms with Crippen LogP contribution in [0.3, 0.4) is 0 Å². The van der Waals surface area contributed by atoms with Crippen molar-refractivity contribution < 1.29 is 18.4 Å². The maximum absolute atomic E-state index is 16.0. The van der Waals surface area contributed by atoms with Gasteiger partial charge in [0.15, 0.2) is 0 Å². The molecule has 3 nitrogen and oxygen atoms in total. The van der Waals surface area contributed by atoms with E-state index < -0.39 is 30.8 Å². The second-order valence-corrected chi connectivity index (χ2v) is 12.9. The highest BCUT2D eigenvalue weighted by molar-refractivity contribution is 6.72. The van der Waals surface area contributed by atoms with Crippen LogP contribution in [0.2, 0.25) is 10.1 Å². The van der Waals surface area contributed by atoms with Gasteiger partial charge in [0.05, 0.1) is 12.5 Å². The minimum Gasteiger partial charge on any atom is -0.481 e. The van der Waals surface area contributed by atoms with Crippen molar-refractivity contribution in [2.45, 2.75) is 77.0 Å². The Balaban J connectivity index is 2.96. The van der Waals surface area contributed by atoms with Gasteiger partial charge < -0.3 is 9.53 Å². The van der Waals surface area contributed by atoms with E-state index in [0.717, 1.165) is 5.56 Å². The third-order valence-electron chi connectivity index (χ3n) is 4.26. The zero-order valence-corrected chi connectivity index (χ0v) is 16.7. The molecule has 0 heterocycles. The molecule has 0 saturated heterocycles. The van der Waals surface area contributed by atoms with Gasteiger partial charge in [0.25, 0.3) is 0 Å². The third-order valence-corrected chi connectivity index (χ3v) is 8.78. The highest BCUT2D eigenvalue weighted by Gasteiger charge is 2.58. The zero-order chi connectivity index (χ0) is 18.6. The fourth-order valence-corrected chi connectivity index (χ4v) is 6.70. The molecule has 5 heteroatoms. The lowest BCUT2D eigenvalue weighted by Crippen LogP contribution is -2.53. The molecule has 0 aliphatic heterocycles. The molecule has 0 aromatic heterocycles. The highest BCUT2D eigenvalue weighted by atomic mass is 28.4. The summed E-state index contributed by atoms with van der Waals surface area (Å²) >= 11 is 0. The molecule has 0 aliphatic rings. The van der Waals surface area contributed by atoms with Crippen LogP contribution in [0, 0.1) is 0 Å². The first-order valence-electron chi connectivity index (χ1n) is 8.49. The van der Waals surface area contributed by atoms with Gasteiger partial charge in [-0.15, -0.1) is 0 Å². The van der Waals surface area contributed by atoms with Crippen molar-refractivity contribution in [2.24, 2.45) is 0 Å². The van der Waals surface area contributed by atoms with E-state index in [-0.39, 0.29) is 6.42 Å². The number of carboxylic acids is 1. The summed E-state index contributed by atoms with van der Waals surface area (Å²) in [6.07, 6.45) is 0.397. The van der Waals surface area contributed by atoms with Crippen LogP contribution >= 0.6 is 0 Å². The molecule has 136 valence electrons. The smallest absolute Gasteiger partial charge is 0.394 e. The van der Waals surface area contributed by atoms with Crippen LogP contribution in [-0.4, -0.2) is 25.8 Å². The summed E-state index contributed by atoms with van der Waals surface area (Å²) in [5, 5.41) is 7.94. The molecule has 0 aliphatic carbocycles. The first-order chi connectivity index (χ1) is 10.9. The Hall–Kier alpha value is -1.20. The fourth-order valence-electron chi connectivity index (χ4n) is 3.08. The summed E-state index contributed by atoms with van der Waals surface area (Å²) < 4.78 is 21.9. The van der Waals surface area contributed by atoms with Crippen LogP contribution in [-0.2, 0) is 15.6 Å². The lowest BCUT2D eigenvalue weighted by molar-refractivity contribution is -0.139. The first-order valence-corrected chi connectivity index (χ1v) is 10.3. The van der Waals surface area contributed by atoms with Gasteiger partial charge in [-0.25, -0.2) is 0 Å². The maximum Gasteiger partial charge on any atom is 0.394 e. The predicted molar refractivity (Wildman–Crippen MR) is 98.2 cm³/mol. The summed E-state index contributed by atoms with van der Waals surface area (Å²) in [5.41, 5.74) is 1.11. The summed E-state index contributed by atoms with van der Waals surface area (Å²) in [4.78, 5) is 11.2. The molecule has 1 unspecified atom stereocenters. The van der Waals surface area contributed by atoms with Gasteiger partial charge in [-0.05, 0) is 18.4 Å². The Kier molecular flexibility index (Phi) is 6.76. The average molecular weight is 355 g/mol. The van der Waals surface area contributed by atoms with Crippen LogP contribution in [0.4, 0.5) is 4.11 Å². The Labute approximate surface area is 146 Å². The Morgan fingerprint density at radius 2 is 1.62 bits per heavy atom. The van der Waals surface area contributed by atoms with Crippen LogP contribution in [0.1, 0.15) is 59.9 Å². The number of halogens is 1. The summed E-state index contributed by atoms with van der Waals surface area (Å²) in [6.45, 7) is 11.1. The molecule has 1 aromatic carbocycles. The number of hydrogen-bond acceptors (Lipinski definition) is 2. The van der Waals surface area contributed by atoms with Gasteiger partial charge in [0.2, 0.25) is 0 Å². The zero-order valence-electron chi connectivity index (χ0n) is 15.7. The van der Waals surface area contributed by atoms with Crippen molar-refractivity contribution in [1.29, 1.82) is 0 Å². The molecule has 1 aromatic rings. The number of rotatable bonds is 7. The molecule has 1 N–H and O–H groups in total. The van der Waals surface area contributed by atoms with Gasteiger partial charge in [-0.3, -0.25) is 8.90 Å². The topological polar surface area (TPSA) is 46.5 Å². The number of hydrogen-bond donors (Lipinski definition) is 1. The molecular formula is C19H31FO3Si. The van der Waals surface area contributed by atoms with Crippen molar-refractivity contribution in [2.75, 3.05) is 0 Å². The number of aliphatic carboxylic acids is 1. The molecule has 0 fully saturated rings. The Morgan fingerprint density at radius 1 is 1.12 bits per heavy atom. The summed E-state index contributed by atoms with van der Waals surface area (Å²) in [7, 11) is -3.68. The normalized spacial score (nSPS) is 14.5. The van der Waals surface area contributed by atoms with E-state index in [4.69, 9.17) is 4.43 Å². The van der Waals surface area contributed by atoms with Gasteiger partial charge in [0.1, 0.15) is 0 Å². The van der Waals surface area contributed by atoms with Gasteiger partial charge in [-0.1, -0.05) is 71.9 Å². The molecule has 0 amide bonds. The minimum absolute atomic E-state index is 0.169. The van der Waals surface area contributed by atoms with E-state index in [2.05, 4.69) is 0 Å². The Bertz CT molecular complexity index is 518. The minimum atomic E-state index is -3.68. The molecular weight excluding hydrogens is 323 g/mol. The maximum atomic E-state index is 16.0. The van der Waals surface area contributed by atoms with E-state index in [1.54, 1.807) is 0 Å². The molecule has 1 rings (SSSR count). The highest BCUT2D eigenvalue weighted by Crippen LogP contribution is 2.53. The van der Waals surface area contributed by atoms with Crippen molar-refractivity contribution >= 4 is 14.6 Å². The van der Waals surface area contributed by atoms with E-state index in [1.165, 1.54) is 0 Å². The van der Waals surface area contributed by atoms with Crippen molar-refractivity contribution in [3.8, 4) is 0 Å². The fraction of sp³-hybridized carbons (Fsp3) is 0.632. The lowest BCUT2D eigenvalue weighted by atomic mass is 10.1. The monoisotopic (exact) mass is 354 g/mol. The predicted octanol–water partition coefficient (Wildman–Crippen LogP) is 5.49. The second kappa shape index (κ2) is 7.79. The first kappa shape index (κ1) is 20.8. The van der Waals surface area contributed by atoms with Gasteiger partial charge >= 0.3 is 14.6 Å². The summed E-state index contributed by atoms with van der Waals surface area (Å²) in [5.74, 6) is -0.952. The molecule has 1 atom stereocenters. The largest absolute Gasteiger partial charge is 0.481 e. The van der Waals surface area contributed by atoms with Crippen molar-refractivity contribution in [1.82, 2.24) is 0 Å².